The van der Waals surface area contributed by atoms with Crippen LogP contribution in [0.15, 0.2) is 65.2 Å². The molecule has 4 aromatic rings. The lowest BCUT2D eigenvalue weighted by Crippen LogP contribution is -2.24. The van der Waals surface area contributed by atoms with E-state index in [1.807, 2.05) is 0 Å². The summed E-state index contributed by atoms with van der Waals surface area (Å²) in [5.41, 5.74) is 2.48. The summed E-state index contributed by atoms with van der Waals surface area (Å²) in [5, 5.41) is 7.34. The minimum absolute atomic E-state index is 0.249. The van der Waals surface area contributed by atoms with Crippen LogP contribution in [0.4, 0.5) is 10.1 Å². The van der Waals surface area contributed by atoms with E-state index in [0.29, 0.717) is 39.0 Å². The second-order valence-electron chi connectivity index (χ2n) is 7.13. The van der Waals surface area contributed by atoms with Gasteiger partial charge in [-0.25, -0.2) is 4.39 Å². The highest BCUT2D eigenvalue weighted by Crippen LogP contribution is 2.30. The summed E-state index contributed by atoms with van der Waals surface area (Å²) in [6, 6.07) is 15.2. The van der Waals surface area contributed by atoms with E-state index in [0.717, 1.165) is 4.90 Å². The van der Waals surface area contributed by atoms with Crippen LogP contribution in [0.5, 0.6) is 0 Å². The van der Waals surface area contributed by atoms with Gasteiger partial charge in [-0.2, -0.15) is 0 Å². The molecule has 1 aliphatic heterocycles. The van der Waals surface area contributed by atoms with Gasteiger partial charge >= 0.3 is 0 Å². The molecule has 1 aromatic heterocycles. The lowest BCUT2D eigenvalue weighted by molar-refractivity contribution is 0.0692. The molecule has 2 heterocycles. The number of benzene rings is 3. The topological polar surface area (TPSA) is 92.5 Å². The van der Waals surface area contributed by atoms with Crippen molar-refractivity contribution in [3.05, 3.63) is 83.2 Å². The maximum Gasteiger partial charge on any atom is 0.261 e. The average molecular weight is 415 g/mol. The summed E-state index contributed by atoms with van der Waals surface area (Å²) >= 11 is 0. The molecule has 1 N–H and O–H groups in total. The molecule has 0 atom stereocenters. The minimum atomic E-state index is -0.411. The summed E-state index contributed by atoms with van der Waals surface area (Å²) in [6.07, 6.45) is 0. The van der Waals surface area contributed by atoms with Gasteiger partial charge in [0.25, 0.3) is 17.7 Å². The molecule has 7 nitrogen and oxygen atoms in total. The molecule has 0 saturated carbocycles. The Hall–Kier alpha value is -4.33. The summed E-state index contributed by atoms with van der Waals surface area (Å²) in [5.74, 6) is -1.13. The van der Waals surface area contributed by atoms with Crippen molar-refractivity contribution in [2.24, 2.45) is 0 Å². The monoisotopic (exact) mass is 415 g/mol. The molecule has 3 amide bonds. The Kier molecular flexibility index (Phi) is 4.14. The van der Waals surface area contributed by atoms with Crippen LogP contribution < -0.4 is 5.32 Å². The number of nitrogens with one attached hydrogen (secondary N) is 1. The van der Waals surface area contributed by atoms with E-state index in [1.165, 1.54) is 31.3 Å². The molecule has 0 radical (unpaired) electrons. The number of anilines is 1. The van der Waals surface area contributed by atoms with Gasteiger partial charge in [0.15, 0.2) is 5.76 Å². The number of nitrogens with zero attached hydrogens (tertiary/aromatic N) is 2. The van der Waals surface area contributed by atoms with Gasteiger partial charge in [-0.3, -0.25) is 19.3 Å². The highest BCUT2D eigenvalue weighted by molar-refractivity contribution is 6.21. The van der Waals surface area contributed by atoms with Gasteiger partial charge in [0.2, 0.25) is 0 Å². The van der Waals surface area contributed by atoms with Crippen LogP contribution in [-0.2, 0) is 0 Å². The fraction of sp³-hybridized carbons (Fsp3) is 0.0435. The lowest BCUT2D eigenvalue weighted by Gasteiger charge is -2.07. The van der Waals surface area contributed by atoms with Gasteiger partial charge in [-0.15, -0.1) is 0 Å². The Morgan fingerprint density at radius 2 is 1.71 bits per heavy atom. The summed E-state index contributed by atoms with van der Waals surface area (Å²) in [7, 11) is 1.41. The standard InChI is InChI=1S/C23H14FN3O4/c1-27-22(29)16-8-7-15(11-17(16)23(27)30)25-21(28)13-4-9-19-18(10-13)20(31-26-19)12-2-5-14(24)6-3-12/h2-11H,1H3,(H,25,28). The number of hydrogen-bond donors (Lipinski definition) is 1. The minimum Gasteiger partial charge on any atom is -0.355 e. The highest BCUT2D eigenvalue weighted by Gasteiger charge is 2.32. The number of imide groups is 1. The first-order chi connectivity index (χ1) is 14.9. The number of amides is 3. The van der Waals surface area contributed by atoms with E-state index in [4.69, 9.17) is 4.52 Å². The van der Waals surface area contributed by atoms with Crippen LogP contribution in [0.1, 0.15) is 31.1 Å². The zero-order valence-electron chi connectivity index (χ0n) is 16.2. The molecule has 1 aliphatic rings. The Morgan fingerprint density at radius 3 is 2.48 bits per heavy atom. The van der Waals surface area contributed by atoms with Crippen molar-refractivity contribution < 1.29 is 23.3 Å². The van der Waals surface area contributed by atoms with E-state index < -0.39 is 11.8 Å². The zero-order chi connectivity index (χ0) is 21.7. The van der Waals surface area contributed by atoms with Crippen LogP contribution in [0.3, 0.4) is 0 Å². The summed E-state index contributed by atoms with van der Waals surface area (Å²) < 4.78 is 18.6. The molecule has 0 aliphatic carbocycles. The molecule has 3 aromatic carbocycles. The van der Waals surface area contributed by atoms with E-state index >= 15 is 0 Å². The van der Waals surface area contributed by atoms with Crippen molar-refractivity contribution in [3.8, 4) is 11.3 Å². The Morgan fingerprint density at radius 1 is 0.968 bits per heavy atom. The number of hydrogen-bond acceptors (Lipinski definition) is 5. The first kappa shape index (κ1) is 18.7. The van der Waals surface area contributed by atoms with E-state index in [-0.39, 0.29) is 17.3 Å². The molecule has 0 unspecified atom stereocenters. The largest absolute Gasteiger partial charge is 0.355 e. The molecular weight excluding hydrogens is 401 g/mol. The molecule has 0 bridgehead atoms. The maximum atomic E-state index is 13.2. The molecule has 5 rings (SSSR count). The third-order valence-corrected chi connectivity index (χ3v) is 5.19. The predicted octanol–water partition coefficient (Wildman–Crippen LogP) is 4.11. The number of rotatable bonds is 3. The Labute approximate surface area is 175 Å². The molecule has 0 spiro atoms. The molecular formula is C23H14FN3O4. The maximum absolute atomic E-state index is 13.2. The van der Waals surface area contributed by atoms with Crippen LogP contribution in [0, 0.1) is 5.82 Å². The molecule has 8 heteroatoms. The van der Waals surface area contributed by atoms with Gasteiger partial charge in [-0.1, -0.05) is 5.16 Å². The van der Waals surface area contributed by atoms with E-state index in [1.54, 1.807) is 36.4 Å². The van der Waals surface area contributed by atoms with E-state index in [2.05, 4.69) is 10.5 Å². The van der Waals surface area contributed by atoms with Crippen molar-refractivity contribution in [2.75, 3.05) is 12.4 Å². The van der Waals surface area contributed by atoms with Gasteiger partial charge in [-0.05, 0) is 60.7 Å². The van der Waals surface area contributed by atoms with Crippen LogP contribution >= 0.6 is 0 Å². The average Bonchev–Trinajstić information content (AvgIpc) is 3.29. The fourth-order valence-electron chi connectivity index (χ4n) is 3.53. The van der Waals surface area contributed by atoms with Gasteiger partial charge < -0.3 is 9.84 Å². The number of aromatic nitrogens is 1. The number of fused-ring (bicyclic) bond motifs is 2. The summed E-state index contributed by atoms with van der Waals surface area (Å²) in [4.78, 5) is 38.0. The third kappa shape index (κ3) is 3.05. The van der Waals surface area contributed by atoms with Gasteiger partial charge in [0.05, 0.1) is 16.5 Å². The van der Waals surface area contributed by atoms with Crippen molar-refractivity contribution in [3.63, 3.8) is 0 Å². The zero-order valence-corrected chi connectivity index (χ0v) is 16.2. The van der Waals surface area contributed by atoms with Crippen LogP contribution in [0.2, 0.25) is 0 Å². The number of carbonyl (C=O) groups is 3. The Bertz CT molecular complexity index is 1390. The summed E-state index contributed by atoms with van der Waals surface area (Å²) in [6.45, 7) is 0. The SMILES string of the molecule is CN1C(=O)c2ccc(NC(=O)c3ccc4noc(-c5ccc(F)cc5)c4c3)cc2C1=O. The third-order valence-electron chi connectivity index (χ3n) is 5.19. The molecule has 152 valence electrons. The lowest BCUT2D eigenvalue weighted by atomic mass is 10.1. The molecule has 0 saturated heterocycles. The predicted molar refractivity (Wildman–Crippen MR) is 110 cm³/mol. The fourth-order valence-corrected chi connectivity index (χ4v) is 3.53. The first-order valence-electron chi connectivity index (χ1n) is 9.35. The van der Waals surface area contributed by atoms with Crippen molar-refractivity contribution in [1.29, 1.82) is 0 Å². The van der Waals surface area contributed by atoms with Crippen molar-refractivity contribution in [1.82, 2.24) is 10.1 Å². The van der Waals surface area contributed by atoms with Crippen molar-refractivity contribution >= 4 is 34.3 Å². The first-order valence-corrected chi connectivity index (χ1v) is 9.35. The van der Waals surface area contributed by atoms with Crippen LogP contribution in [-0.4, -0.2) is 34.8 Å². The normalized spacial score (nSPS) is 13.0. The van der Waals surface area contributed by atoms with Gasteiger partial charge in [0, 0.05) is 23.9 Å². The van der Waals surface area contributed by atoms with E-state index in [9.17, 15) is 18.8 Å². The number of halogens is 1. The van der Waals surface area contributed by atoms with Crippen molar-refractivity contribution in [2.45, 2.75) is 0 Å². The molecule has 0 fully saturated rings. The second kappa shape index (κ2) is 6.88. The number of carbonyl (C=O) groups excluding carboxylic acids is 3. The Balaban J connectivity index is 1.46. The quantitative estimate of drug-likeness (QED) is 0.509. The highest BCUT2D eigenvalue weighted by atomic mass is 19.1. The molecule has 31 heavy (non-hydrogen) atoms. The second-order valence-corrected chi connectivity index (χ2v) is 7.13. The van der Waals surface area contributed by atoms with Gasteiger partial charge in [0.1, 0.15) is 11.3 Å². The van der Waals surface area contributed by atoms with Crippen LogP contribution in [0.25, 0.3) is 22.2 Å². The smallest absolute Gasteiger partial charge is 0.261 e.